The average Bonchev–Trinajstić information content (AvgIpc) is 3.20. The fraction of sp³-hybridized carbons (Fsp3) is 0.571. The SMILES string of the molecule is NCCCCC(N[C@@H](CCc1ccccc1)C(=O)O)C(=O)N1CCC[C@H]1C(=O)O. The Kier molecular flexibility index (Phi) is 9.08. The summed E-state index contributed by atoms with van der Waals surface area (Å²) in [6, 6.07) is 7.10. The molecule has 0 saturated carbocycles. The number of unbranched alkanes of at least 4 members (excludes halogenated alkanes) is 1. The topological polar surface area (TPSA) is 133 Å². The number of aliphatic carboxylic acids is 2. The van der Waals surface area contributed by atoms with Crippen LogP contribution in [0.15, 0.2) is 30.3 Å². The highest BCUT2D eigenvalue weighted by atomic mass is 16.4. The lowest BCUT2D eigenvalue weighted by molar-refractivity contribution is -0.149. The van der Waals surface area contributed by atoms with Crippen LogP contribution in [0, 0.1) is 0 Å². The summed E-state index contributed by atoms with van der Waals surface area (Å²) in [6.07, 6.45) is 3.76. The third-order valence-corrected chi connectivity index (χ3v) is 5.33. The molecule has 1 aliphatic heterocycles. The number of carbonyl (C=O) groups excluding carboxylic acids is 1. The van der Waals surface area contributed by atoms with Crippen LogP contribution in [0.2, 0.25) is 0 Å². The summed E-state index contributed by atoms with van der Waals surface area (Å²) in [6.45, 7) is 0.866. The molecule has 1 heterocycles. The van der Waals surface area contributed by atoms with Crippen molar-refractivity contribution in [3.63, 3.8) is 0 Å². The molecule has 1 unspecified atom stereocenters. The van der Waals surface area contributed by atoms with Crippen molar-refractivity contribution in [1.29, 1.82) is 0 Å². The number of carbonyl (C=O) groups is 3. The number of hydrogen-bond donors (Lipinski definition) is 4. The molecule has 8 nitrogen and oxygen atoms in total. The van der Waals surface area contributed by atoms with E-state index in [-0.39, 0.29) is 5.91 Å². The fourth-order valence-electron chi connectivity index (χ4n) is 3.73. The van der Waals surface area contributed by atoms with E-state index in [2.05, 4.69) is 5.32 Å². The van der Waals surface area contributed by atoms with Crippen LogP contribution >= 0.6 is 0 Å². The summed E-state index contributed by atoms with van der Waals surface area (Å²) >= 11 is 0. The first-order valence-electron chi connectivity index (χ1n) is 10.2. The van der Waals surface area contributed by atoms with Crippen LogP contribution in [-0.2, 0) is 20.8 Å². The van der Waals surface area contributed by atoms with Gasteiger partial charge in [0.05, 0.1) is 6.04 Å². The zero-order valence-electron chi connectivity index (χ0n) is 16.6. The number of carboxylic acids is 2. The molecule has 1 aliphatic rings. The lowest BCUT2D eigenvalue weighted by Crippen LogP contribution is -2.54. The van der Waals surface area contributed by atoms with E-state index in [9.17, 15) is 24.6 Å². The summed E-state index contributed by atoms with van der Waals surface area (Å²) < 4.78 is 0. The van der Waals surface area contributed by atoms with Gasteiger partial charge in [-0.25, -0.2) is 4.79 Å². The minimum absolute atomic E-state index is 0.335. The molecular weight excluding hydrogens is 374 g/mol. The van der Waals surface area contributed by atoms with E-state index in [0.717, 1.165) is 12.0 Å². The van der Waals surface area contributed by atoms with Gasteiger partial charge in [0.15, 0.2) is 0 Å². The Labute approximate surface area is 171 Å². The Bertz CT molecular complexity index is 682. The van der Waals surface area contributed by atoms with E-state index < -0.39 is 30.1 Å². The van der Waals surface area contributed by atoms with E-state index in [4.69, 9.17) is 5.73 Å². The van der Waals surface area contributed by atoms with Crippen molar-refractivity contribution < 1.29 is 24.6 Å². The number of hydrogen-bond acceptors (Lipinski definition) is 5. The Balaban J connectivity index is 2.08. The number of likely N-dealkylation sites (tertiary alicyclic amines) is 1. The molecular formula is C21H31N3O5. The number of carboxylic acid groups (broad SMARTS) is 2. The molecule has 160 valence electrons. The molecule has 0 aromatic heterocycles. The Morgan fingerprint density at radius 2 is 1.83 bits per heavy atom. The zero-order valence-corrected chi connectivity index (χ0v) is 16.6. The maximum Gasteiger partial charge on any atom is 0.326 e. The number of nitrogens with one attached hydrogen (secondary N) is 1. The maximum atomic E-state index is 13.1. The molecule has 0 aliphatic carbocycles. The van der Waals surface area contributed by atoms with Gasteiger partial charge in [-0.05, 0) is 50.6 Å². The van der Waals surface area contributed by atoms with E-state index in [1.165, 1.54) is 4.90 Å². The first-order chi connectivity index (χ1) is 13.9. The number of amides is 1. The summed E-state index contributed by atoms with van der Waals surface area (Å²) in [5.74, 6) is -2.37. The Hall–Kier alpha value is -2.45. The van der Waals surface area contributed by atoms with E-state index in [1.54, 1.807) is 0 Å². The van der Waals surface area contributed by atoms with Crippen molar-refractivity contribution in [1.82, 2.24) is 10.2 Å². The minimum atomic E-state index is -1.02. The van der Waals surface area contributed by atoms with Crippen LogP contribution in [-0.4, -0.2) is 64.2 Å². The molecule has 2 rings (SSSR count). The largest absolute Gasteiger partial charge is 0.480 e. The van der Waals surface area contributed by atoms with Gasteiger partial charge >= 0.3 is 11.9 Å². The van der Waals surface area contributed by atoms with Crippen LogP contribution < -0.4 is 11.1 Å². The zero-order chi connectivity index (χ0) is 21.2. The Morgan fingerprint density at radius 1 is 1.10 bits per heavy atom. The second kappa shape index (κ2) is 11.5. The van der Waals surface area contributed by atoms with Crippen molar-refractivity contribution in [2.45, 2.75) is 63.1 Å². The number of aryl methyl sites for hydroxylation is 1. The number of nitrogens with two attached hydrogens (primary N) is 1. The summed E-state index contributed by atoms with van der Waals surface area (Å²) in [5, 5.41) is 22.0. The van der Waals surface area contributed by atoms with Gasteiger partial charge in [-0.2, -0.15) is 0 Å². The molecule has 3 atom stereocenters. The molecule has 1 fully saturated rings. The molecule has 0 bridgehead atoms. The van der Waals surface area contributed by atoms with Gasteiger partial charge in [0, 0.05) is 6.54 Å². The van der Waals surface area contributed by atoms with Gasteiger partial charge in [-0.3, -0.25) is 14.9 Å². The standard InChI is InChI=1S/C21H31N3O5/c22-13-5-4-9-16(19(25)24-14-6-10-18(24)21(28)29)23-17(20(26)27)12-11-15-7-2-1-3-8-15/h1-3,7-8,16-18,23H,4-6,9-14,22H2,(H,26,27)(H,28,29)/t16?,17-,18-/m0/s1. The van der Waals surface area contributed by atoms with Crippen LogP contribution in [0.5, 0.6) is 0 Å². The monoisotopic (exact) mass is 405 g/mol. The van der Waals surface area contributed by atoms with Gasteiger partial charge in [-0.1, -0.05) is 36.8 Å². The lowest BCUT2D eigenvalue weighted by atomic mass is 10.0. The maximum absolute atomic E-state index is 13.1. The van der Waals surface area contributed by atoms with Crippen LogP contribution in [0.3, 0.4) is 0 Å². The van der Waals surface area contributed by atoms with Crippen LogP contribution in [0.25, 0.3) is 0 Å². The molecule has 29 heavy (non-hydrogen) atoms. The molecule has 1 saturated heterocycles. The molecule has 8 heteroatoms. The third-order valence-electron chi connectivity index (χ3n) is 5.33. The Morgan fingerprint density at radius 3 is 2.45 bits per heavy atom. The fourth-order valence-corrected chi connectivity index (χ4v) is 3.73. The molecule has 5 N–H and O–H groups in total. The number of benzene rings is 1. The highest BCUT2D eigenvalue weighted by Gasteiger charge is 2.38. The quantitative estimate of drug-likeness (QED) is 0.384. The van der Waals surface area contributed by atoms with Gasteiger partial charge in [0.25, 0.3) is 0 Å². The summed E-state index contributed by atoms with van der Waals surface area (Å²) in [7, 11) is 0. The van der Waals surface area contributed by atoms with Crippen molar-refractivity contribution >= 4 is 17.8 Å². The second-order valence-electron chi connectivity index (χ2n) is 7.45. The average molecular weight is 405 g/mol. The predicted octanol–water partition coefficient (Wildman–Crippen LogP) is 1.24. The van der Waals surface area contributed by atoms with Crippen LogP contribution in [0.4, 0.5) is 0 Å². The predicted molar refractivity (Wildman–Crippen MR) is 108 cm³/mol. The van der Waals surface area contributed by atoms with Gasteiger partial charge in [0.1, 0.15) is 12.1 Å². The summed E-state index contributed by atoms with van der Waals surface area (Å²) in [5.41, 5.74) is 6.57. The smallest absolute Gasteiger partial charge is 0.326 e. The molecule has 0 radical (unpaired) electrons. The van der Waals surface area contributed by atoms with E-state index in [1.807, 2.05) is 30.3 Å². The molecule has 1 aromatic rings. The number of rotatable bonds is 12. The molecule has 1 amide bonds. The lowest BCUT2D eigenvalue weighted by Gasteiger charge is -2.29. The third kappa shape index (κ3) is 6.83. The van der Waals surface area contributed by atoms with E-state index in [0.29, 0.717) is 51.6 Å². The van der Waals surface area contributed by atoms with Gasteiger partial charge < -0.3 is 20.8 Å². The van der Waals surface area contributed by atoms with Gasteiger partial charge in [-0.15, -0.1) is 0 Å². The van der Waals surface area contributed by atoms with E-state index >= 15 is 0 Å². The summed E-state index contributed by atoms with van der Waals surface area (Å²) in [4.78, 5) is 37.7. The van der Waals surface area contributed by atoms with Crippen molar-refractivity contribution in [3.8, 4) is 0 Å². The minimum Gasteiger partial charge on any atom is -0.480 e. The van der Waals surface area contributed by atoms with Crippen molar-refractivity contribution in [3.05, 3.63) is 35.9 Å². The number of nitrogens with zero attached hydrogens (tertiary/aromatic N) is 1. The second-order valence-corrected chi connectivity index (χ2v) is 7.45. The first-order valence-corrected chi connectivity index (χ1v) is 10.2. The van der Waals surface area contributed by atoms with Crippen molar-refractivity contribution in [2.24, 2.45) is 5.73 Å². The normalized spacial score (nSPS) is 18.4. The molecule has 0 spiro atoms. The van der Waals surface area contributed by atoms with Crippen molar-refractivity contribution in [2.75, 3.05) is 13.1 Å². The van der Waals surface area contributed by atoms with Gasteiger partial charge in [0.2, 0.25) is 5.91 Å². The highest BCUT2D eigenvalue weighted by Crippen LogP contribution is 2.20. The first kappa shape index (κ1) is 22.8. The highest BCUT2D eigenvalue weighted by molar-refractivity contribution is 5.88. The van der Waals surface area contributed by atoms with Crippen LogP contribution in [0.1, 0.15) is 44.1 Å². The molecule has 1 aromatic carbocycles.